The summed E-state index contributed by atoms with van der Waals surface area (Å²) >= 11 is 1.44. The topological polar surface area (TPSA) is 82.5 Å². The van der Waals surface area contributed by atoms with E-state index in [1.165, 1.54) is 16.7 Å². The van der Waals surface area contributed by atoms with E-state index in [9.17, 15) is 9.59 Å². The van der Waals surface area contributed by atoms with Crippen LogP contribution in [0.1, 0.15) is 5.69 Å². The summed E-state index contributed by atoms with van der Waals surface area (Å²) in [5, 5.41) is 11.6. The van der Waals surface area contributed by atoms with Gasteiger partial charge in [-0.15, -0.1) is 11.8 Å². The number of thioether (sulfide) groups is 1. The van der Waals surface area contributed by atoms with Gasteiger partial charge in [0.1, 0.15) is 6.04 Å². The van der Waals surface area contributed by atoms with Crippen molar-refractivity contribution in [3.63, 3.8) is 0 Å². The molecule has 1 aliphatic rings. The third-order valence-corrected chi connectivity index (χ3v) is 3.59. The molecule has 0 spiro atoms. The number of carboxylic acids is 1. The molecule has 18 heavy (non-hydrogen) atoms. The predicted octanol–water partition coefficient (Wildman–Crippen LogP) is 0.751. The molecule has 0 bridgehead atoms. The molecule has 2 N–H and O–H groups in total. The molecule has 2 amide bonds. The van der Waals surface area contributed by atoms with Gasteiger partial charge < -0.3 is 15.3 Å². The zero-order chi connectivity index (χ0) is 13.0. The molecule has 0 unspecified atom stereocenters. The molecule has 1 saturated heterocycles. The molecule has 1 aliphatic heterocycles. The maximum Gasteiger partial charge on any atom is 0.327 e. The molecule has 0 aliphatic carbocycles. The van der Waals surface area contributed by atoms with Crippen LogP contribution in [0.5, 0.6) is 0 Å². The number of rotatable bonds is 3. The van der Waals surface area contributed by atoms with Gasteiger partial charge in [0.25, 0.3) is 0 Å². The molecule has 1 atom stereocenters. The number of pyridine rings is 1. The molecule has 2 heterocycles. The van der Waals surface area contributed by atoms with E-state index in [4.69, 9.17) is 5.11 Å². The summed E-state index contributed by atoms with van der Waals surface area (Å²) in [6.45, 7) is 0.299. The second kappa shape index (κ2) is 5.72. The Morgan fingerprint density at radius 3 is 3.06 bits per heavy atom. The molecular weight excluding hydrogens is 254 g/mol. The molecular formula is C11H13N3O3S. The lowest BCUT2D eigenvalue weighted by Crippen LogP contribution is -2.46. The van der Waals surface area contributed by atoms with Crippen LogP contribution >= 0.6 is 11.8 Å². The molecule has 1 aromatic rings. The zero-order valence-corrected chi connectivity index (χ0v) is 10.4. The number of carboxylic acid groups (broad SMARTS) is 1. The van der Waals surface area contributed by atoms with E-state index in [1.54, 1.807) is 18.3 Å². The molecule has 96 valence electrons. The summed E-state index contributed by atoms with van der Waals surface area (Å²) in [6.07, 6.45) is 1.65. The van der Waals surface area contributed by atoms with Gasteiger partial charge in [0.2, 0.25) is 0 Å². The standard InChI is InChI=1S/C11H13N3O3S/c15-10(16)9-6-18-7-14(9)11(17)13-5-8-3-1-2-4-12-8/h1-4,9H,5-7H2,(H,13,17)(H,15,16)/t9-/m0/s1. The summed E-state index contributed by atoms with van der Waals surface area (Å²) < 4.78 is 0. The van der Waals surface area contributed by atoms with E-state index >= 15 is 0 Å². The largest absolute Gasteiger partial charge is 0.480 e. The molecule has 0 aromatic carbocycles. The number of nitrogens with zero attached hydrogens (tertiary/aromatic N) is 2. The smallest absolute Gasteiger partial charge is 0.327 e. The van der Waals surface area contributed by atoms with Crippen molar-refractivity contribution in [3.05, 3.63) is 30.1 Å². The van der Waals surface area contributed by atoms with Crippen LogP contribution < -0.4 is 5.32 Å². The van der Waals surface area contributed by atoms with E-state index in [0.717, 1.165) is 5.69 Å². The zero-order valence-electron chi connectivity index (χ0n) is 9.57. The van der Waals surface area contributed by atoms with Crippen LogP contribution in [-0.2, 0) is 11.3 Å². The Kier molecular flexibility index (Phi) is 4.03. The lowest BCUT2D eigenvalue weighted by atomic mass is 10.3. The maximum absolute atomic E-state index is 11.8. The highest BCUT2D eigenvalue weighted by atomic mass is 32.2. The van der Waals surface area contributed by atoms with Crippen molar-refractivity contribution in [1.82, 2.24) is 15.2 Å². The van der Waals surface area contributed by atoms with Crippen LogP contribution in [0.3, 0.4) is 0 Å². The highest BCUT2D eigenvalue weighted by Gasteiger charge is 2.34. The summed E-state index contributed by atoms with van der Waals surface area (Å²) in [5.41, 5.74) is 0.740. The minimum Gasteiger partial charge on any atom is -0.480 e. The summed E-state index contributed by atoms with van der Waals surface area (Å²) in [7, 11) is 0. The molecule has 0 radical (unpaired) electrons. The van der Waals surface area contributed by atoms with Crippen LogP contribution in [0.4, 0.5) is 4.79 Å². The Hall–Kier alpha value is -1.76. The summed E-state index contributed by atoms with van der Waals surface area (Å²) in [5.74, 6) is -0.120. The lowest BCUT2D eigenvalue weighted by molar-refractivity contribution is -0.140. The number of carbonyl (C=O) groups excluding carboxylic acids is 1. The Bertz CT molecular complexity index is 440. The van der Waals surface area contributed by atoms with Gasteiger partial charge in [-0.25, -0.2) is 9.59 Å². The number of aromatic nitrogens is 1. The first-order valence-electron chi connectivity index (χ1n) is 5.43. The van der Waals surface area contributed by atoms with E-state index in [1.807, 2.05) is 6.07 Å². The molecule has 1 fully saturated rings. The number of hydrogen-bond donors (Lipinski definition) is 2. The summed E-state index contributed by atoms with van der Waals surface area (Å²) in [6, 6.07) is 4.33. The number of nitrogens with one attached hydrogen (secondary N) is 1. The van der Waals surface area contributed by atoms with Gasteiger partial charge in [-0.1, -0.05) is 6.07 Å². The number of carbonyl (C=O) groups is 2. The SMILES string of the molecule is O=C(O)[C@@H]1CSCN1C(=O)NCc1ccccn1. The van der Waals surface area contributed by atoms with E-state index < -0.39 is 12.0 Å². The van der Waals surface area contributed by atoms with Gasteiger partial charge in [0.15, 0.2) is 0 Å². The van der Waals surface area contributed by atoms with Gasteiger partial charge in [0.05, 0.1) is 18.1 Å². The fraction of sp³-hybridized carbons (Fsp3) is 0.364. The second-order valence-electron chi connectivity index (χ2n) is 3.80. The number of urea groups is 1. The molecule has 0 saturated carbocycles. The van der Waals surface area contributed by atoms with Crippen LogP contribution in [0.25, 0.3) is 0 Å². The van der Waals surface area contributed by atoms with Gasteiger partial charge >= 0.3 is 12.0 Å². The van der Waals surface area contributed by atoms with Crippen molar-refractivity contribution in [3.8, 4) is 0 Å². The lowest BCUT2D eigenvalue weighted by Gasteiger charge is -2.20. The predicted molar refractivity (Wildman–Crippen MR) is 67.1 cm³/mol. The first-order chi connectivity index (χ1) is 8.68. The molecule has 1 aromatic heterocycles. The highest BCUT2D eigenvalue weighted by Crippen LogP contribution is 2.20. The minimum atomic E-state index is -0.965. The van der Waals surface area contributed by atoms with Crippen molar-refractivity contribution >= 4 is 23.8 Å². The second-order valence-corrected chi connectivity index (χ2v) is 4.80. The van der Waals surface area contributed by atoms with Crippen molar-refractivity contribution < 1.29 is 14.7 Å². The minimum absolute atomic E-state index is 0.299. The van der Waals surface area contributed by atoms with Crippen LogP contribution in [0.15, 0.2) is 24.4 Å². The Morgan fingerprint density at radius 2 is 2.39 bits per heavy atom. The van der Waals surface area contributed by atoms with Crippen LogP contribution in [-0.4, -0.2) is 44.7 Å². The first-order valence-corrected chi connectivity index (χ1v) is 6.59. The Morgan fingerprint density at radius 1 is 1.56 bits per heavy atom. The normalized spacial score (nSPS) is 18.7. The van der Waals surface area contributed by atoms with Crippen LogP contribution in [0, 0.1) is 0 Å². The van der Waals surface area contributed by atoms with E-state index in [0.29, 0.717) is 18.2 Å². The third-order valence-electron chi connectivity index (χ3n) is 2.58. The Balaban J connectivity index is 1.90. The van der Waals surface area contributed by atoms with Crippen molar-refractivity contribution in [2.24, 2.45) is 0 Å². The van der Waals surface area contributed by atoms with Gasteiger partial charge in [-0.05, 0) is 12.1 Å². The number of amides is 2. The summed E-state index contributed by atoms with van der Waals surface area (Å²) in [4.78, 5) is 28.2. The van der Waals surface area contributed by atoms with Crippen LogP contribution in [0.2, 0.25) is 0 Å². The maximum atomic E-state index is 11.8. The number of aliphatic carboxylic acids is 1. The van der Waals surface area contributed by atoms with Crippen molar-refractivity contribution in [1.29, 1.82) is 0 Å². The third kappa shape index (κ3) is 2.92. The molecule has 6 nitrogen and oxygen atoms in total. The average Bonchev–Trinajstić information content (AvgIpc) is 2.86. The molecule has 7 heteroatoms. The van der Waals surface area contributed by atoms with E-state index in [2.05, 4.69) is 10.3 Å². The van der Waals surface area contributed by atoms with Gasteiger partial charge in [0, 0.05) is 11.9 Å². The van der Waals surface area contributed by atoms with Gasteiger partial charge in [-0.3, -0.25) is 4.98 Å². The molecule has 2 rings (SSSR count). The first kappa shape index (κ1) is 12.7. The Labute approximate surface area is 108 Å². The average molecular weight is 267 g/mol. The van der Waals surface area contributed by atoms with Crippen molar-refractivity contribution in [2.75, 3.05) is 11.6 Å². The fourth-order valence-electron chi connectivity index (χ4n) is 1.62. The number of hydrogen-bond acceptors (Lipinski definition) is 4. The highest BCUT2D eigenvalue weighted by molar-refractivity contribution is 7.99. The fourth-order valence-corrected chi connectivity index (χ4v) is 2.76. The quantitative estimate of drug-likeness (QED) is 0.844. The van der Waals surface area contributed by atoms with Gasteiger partial charge in [-0.2, -0.15) is 0 Å². The van der Waals surface area contributed by atoms with Crippen molar-refractivity contribution in [2.45, 2.75) is 12.6 Å². The van der Waals surface area contributed by atoms with E-state index in [-0.39, 0.29) is 6.03 Å². The monoisotopic (exact) mass is 267 g/mol.